The normalized spacial score (nSPS) is 15.1. The Labute approximate surface area is 161 Å². The fourth-order valence-electron chi connectivity index (χ4n) is 3.49. The molecular formula is C22H30FN3O. The molecule has 1 saturated heterocycles. The number of nitrogens with zero attached hydrogens (tertiary/aromatic N) is 2. The molecule has 1 N–H and O–H groups in total. The Morgan fingerprint density at radius 2 is 1.81 bits per heavy atom. The second-order valence-electron chi connectivity index (χ2n) is 6.89. The Balaban J connectivity index is 1.38. The van der Waals surface area contributed by atoms with Crippen LogP contribution in [-0.4, -0.2) is 50.8 Å². The molecule has 27 heavy (non-hydrogen) atoms. The van der Waals surface area contributed by atoms with Crippen molar-refractivity contribution in [3.05, 3.63) is 59.9 Å². The highest BCUT2D eigenvalue weighted by molar-refractivity contribution is 5.59. The standard InChI is InChI=1S/C22H30FN3O/c1-2-27-22-17-20(23)9-10-21(22)26-15-13-25(14-16-26)12-6-11-24-18-19-7-4-3-5-8-19/h3-5,7-10,17,24H,2,6,11-16,18H2,1H3. The summed E-state index contributed by atoms with van der Waals surface area (Å²) in [7, 11) is 0. The van der Waals surface area contributed by atoms with E-state index in [0.717, 1.165) is 57.9 Å². The van der Waals surface area contributed by atoms with Gasteiger partial charge in [-0.25, -0.2) is 4.39 Å². The van der Waals surface area contributed by atoms with Crippen LogP contribution < -0.4 is 15.0 Å². The summed E-state index contributed by atoms with van der Waals surface area (Å²) in [5, 5.41) is 3.51. The lowest BCUT2D eigenvalue weighted by Gasteiger charge is -2.36. The number of nitrogens with one attached hydrogen (secondary N) is 1. The molecule has 0 saturated carbocycles. The molecule has 146 valence electrons. The maximum atomic E-state index is 13.5. The Morgan fingerprint density at radius 3 is 2.56 bits per heavy atom. The van der Waals surface area contributed by atoms with Crippen LogP contribution in [0.4, 0.5) is 10.1 Å². The van der Waals surface area contributed by atoms with E-state index in [0.29, 0.717) is 12.4 Å². The Bertz CT molecular complexity index is 687. The van der Waals surface area contributed by atoms with Gasteiger partial charge in [0.1, 0.15) is 11.6 Å². The summed E-state index contributed by atoms with van der Waals surface area (Å²) in [5.74, 6) is 0.403. The molecular weight excluding hydrogens is 341 g/mol. The van der Waals surface area contributed by atoms with Gasteiger partial charge in [-0.3, -0.25) is 4.90 Å². The molecule has 1 aliphatic rings. The first-order valence-corrected chi connectivity index (χ1v) is 9.90. The smallest absolute Gasteiger partial charge is 0.145 e. The van der Waals surface area contributed by atoms with Crippen LogP contribution in [0.25, 0.3) is 0 Å². The summed E-state index contributed by atoms with van der Waals surface area (Å²) in [4.78, 5) is 4.80. The van der Waals surface area contributed by atoms with Crippen molar-refractivity contribution < 1.29 is 9.13 Å². The number of ether oxygens (including phenoxy) is 1. The summed E-state index contributed by atoms with van der Waals surface area (Å²) in [5.41, 5.74) is 2.33. The maximum absolute atomic E-state index is 13.5. The van der Waals surface area contributed by atoms with Crippen molar-refractivity contribution in [2.45, 2.75) is 19.9 Å². The predicted octanol–water partition coefficient (Wildman–Crippen LogP) is 3.53. The molecule has 0 radical (unpaired) electrons. The van der Waals surface area contributed by atoms with E-state index in [4.69, 9.17) is 4.74 Å². The van der Waals surface area contributed by atoms with Crippen LogP contribution in [0.2, 0.25) is 0 Å². The molecule has 2 aromatic rings. The third-order valence-corrected chi connectivity index (χ3v) is 4.93. The first-order valence-electron chi connectivity index (χ1n) is 9.90. The third kappa shape index (κ3) is 5.94. The monoisotopic (exact) mass is 371 g/mol. The number of hydrogen-bond acceptors (Lipinski definition) is 4. The van der Waals surface area contributed by atoms with Gasteiger partial charge >= 0.3 is 0 Å². The van der Waals surface area contributed by atoms with Crippen LogP contribution in [0.3, 0.4) is 0 Å². The Morgan fingerprint density at radius 1 is 1.04 bits per heavy atom. The minimum absolute atomic E-state index is 0.246. The van der Waals surface area contributed by atoms with Crippen molar-refractivity contribution >= 4 is 5.69 Å². The second kappa shape index (κ2) is 10.3. The molecule has 4 nitrogen and oxygen atoms in total. The van der Waals surface area contributed by atoms with Crippen LogP contribution >= 0.6 is 0 Å². The van der Waals surface area contributed by atoms with Crippen LogP contribution in [0.5, 0.6) is 5.75 Å². The third-order valence-electron chi connectivity index (χ3n) is 4.93. The molecule has 0 atom stereocenters. The number of anilines is 1. The first-order chi connectivity index (χ1) is 13.3. The SMILES string of the molecule is CCOc1cc(F)ccc1N1CCN(CCCNCc2ccccc2)CC1. The number of piperazine rings is 1. The average Bonchev–Trinajstić information content (AvgIpc) is 2.70. The van der Waals surface area contributed by atoms with Crippen LogP contribution in [-0.2, 0) is 6.54 Å². The lowest BCUT2D eigenvalue weighted by atomic mass is 10.2. The maximum Gasteiger partial charge on any atom is 0.145 e. The van der Waals surface area contributed by atoms with Gasteiger partial charge in [0.05, 0.1) is 12.3 Å². The van der Waals surface area contributed by atoms with Gasteiger partial charge in [0.25, 0.3) is 0 Å². The van der Waals surface area contributed by atoms with Crippen LogP contribution in [0.1, 0.15) is 18.9 Å². The Hall–Kier alpha value is -2.11. The van der Waals surface area contributed by atoms with Gasteiger partial charge in [0.2, 0.25) is 0 Å². The molecule has 0 amide bonds. The largest absolute Gasteiger partial charge is 0.492 e. The average molecular weight is 372 g/mol. The highest BCUT2D eigenvalue weighted by Crippen LogP contribution is 2.30. The highest BCUT2D eigenvalue weighted by Gasteiger charge is 2.19. The molecule has 0 aromatic heterocycles. The summed E-state index contributed by atoms with van der Waals surface area (Å²) < 4.78 is 19.1. The van der Waals surface area contributed by atoms with Gasteiger partial charge in [0, 0.05) is 38.8 Å². The molecule has 5 heteroatoms. The van der Waals surface area contributed by atoms with Crippen molar-refractivity contribution in [2.75, 3.05) is 50.8 Å². The molecule has 1 aliphatic heterocycles. The molecule has 3 rings (SSSR count). The van der Waals surface area contributed by atoms with E-state index in [1.165, 1.54) is 17.7 Å². The summed E-state index contributed by atoms with van der Waals surface area (Å²) in [6.07, 6.45) is 1.15. The topological polar surface area (TPSA) is 27.7 Å². The minimum atomic E-state index is -0.246. The first kappa shape index (κ1) is 19.6. The summed E-state index contributed by atoms with van der Waals surface area (Å²) in [6.45, 7) is 9.50. The van der Waals surface area contributed by atoms with Gasteiger partial charge in [-0.1, -0.05) is 30.3 Å². The summed E-state index contributed by atoms with van der Waals surface area (Å²) in [6, 6.07) is 15.3. The number of rotatable bonds is 9. The fraction of sp³-hybridized carbons (Fsp3) is 0.455. The molecule has 2 aromatic carbocycles. The van der Waals surface area contributed by atoms with E-state index in [1.807, 2.05) is 19.1 Å². The zero-order chi connectivity index (χ0) is 18.9. The van der Waals surface area contributed by atoms with Crippen molar-refractivity contribution in [2.24, 2.45) is 0 Å². The molecule has 0 spiro atoms. The van der Waals surface area contributed by atoms with E-state index in [2.05, 4.69) is 39.4 Å². The van der Waals surface area contributed by atoms with Crippen LogP contribution in [0, 0.1) is 5.82 Å². The zero-order valence-corrected chi connectivity index (χ0v) is 16.2. The predicted molar refractivity (Wildman–Crippen MR) is 109 cm³/mol. The Kier molecular flexibility index (Phi) is 7.48. The highest BCUT2D eigenvalue weighted by atomic mass is 19.1. The van der Waals surface area contributed by atoms with Gasteiger partial charge in [-0.2, -0.15) is 0 Å². The van der Waals surface area contributed by atoms with Gasteiger partial charge < -0.3 is 15.0 Å². The van der Waals surface area contributed by atoms with E-state index in [1.54, 1.807) is 0 Å². The van der Waals surface area contributed by atoms with Crippen molar-refractivity contribution in [3.8, 4) is 5.75 Å². The van der Waals surface area contributed by atoms with Gasteiger partial charge in [-0.15, -0.1) is 0 Å². The van der Waals surface area contributed by atoms with E-state index >= 15 is 0 Å². The van der Waals surface area contributed by atoms with E-state index in [-0.39, 0.29) is 5.82 Å². The van der Waals surface area contributed by atoms with E-state index in [9.17, 15) is 4.39 Å². The van der Waals surface area contributed by atoms with Gasteiger partial charge in [0.15, 0.2) is 0 Å². The molecule has 0 aliphatic carbocycles. The van der Waals surface area contributed by atoms with Gasteiger partial charge in [-0.05, 0) is 44.1 Å². The quantitative estimate of drug-likeness (QED) is 0.683. The summed E-state index contributed by atoms with van der Waals surface area (Å²) >= 11 is 0. The number of hydrogen-bond donors (Lipinski definition) is 1. The second-order valence-corrected chi connectivity index (χ2v) is 6.89. The van der Waals surface area contributed by atoms with Crippen LogP contribution in [0.15, 0.2) is 48.5 Å². The van der Waals surface area contributed by atoms with E-state index < -0.39 is 0 Å². The molecule has 0 bridgehead atoms. The lowest BCUT2D eigenvalue weighted by molar-refractivity contribution is 0.252. The molecule has 1 fully saturated rings. The number of benzene rings is 2. The fourth-order valence-corrected chi connectivity index (χ4v) is 3.49. The molecule has 1 heterocycles. The minimum Gasteiger partial charge on any atom is -0.492 e. The van der Waals surface area contributed by atoms with Crippen molar-refractivity contribution in [1.29, 1.82) is 0 Å². The zero-order valence-electron chi connectivity index (χ0n) is 16.2. The van der Waals surface area contributed by atoms with Crippen molar-refractivity contribution in [1.82, 2.24) is 10.2 Å². The number of halogens is 1. The van der Waals surface area contributed by atoms with Crippen molar-refractivity contribution in [3.63, 3.8) is 0 Å². The molecule has 0 unspecified atom stereocenters. The lowest BCUT2D eigenvalue weighted by Crippen LogP contribution is -2.47.